The van der Waals surface area contributed by atoms with Crippen LogP contribution >= 0.6 is 26.6 Å². The molecule has 0 aliphatic heterocycles. The summed E-state index contributed by atoms with van der Waals surface area (Å²) < 4.78 is 61.4. The number of benzene rings is 1. The Morgan fingerprint density at radius 1 is 1.35 bits per heavy atom. The first kappa shape index (κ1) is 14.4. The van der Waals surface area contributed by atoms with Crippen molar-refractivity contribution in [2.75, 3.05) is 5.73 Å². The maximum atomic E-state index is 12.0. The van der Waals surface area contributed by atoms with Crippen LogP contribution in [0.25, 0.3) is 0 Å². The number of rotatable bonds is 2. The number of nitrogen functional groups attached to an aromatic ring is 1. The van der Waals surface area contributed by atoms with Crippen LogP contribution in [0.3, 0.4) is 0 Å². The van der Waals surface area contributed by atoms with Crippen molar-refractivity contribution >= 4 is 41.4 Å². The minimum Gasteiger partial charge on any atom is -0.406 e. The number of alkyl halides is 3. The van der Waals surface area contributed by atoms with E-state index in [1.807, 2.05) is 0 Å². The van der Waals surface area contributed by atoms with Crippen LogP contribution in [0.2, 0.25) is 0 Å². The van der Waals surface area contributed by atoms with Crippen LogP contribution < -0.4 is 10.5 Å². The fraction of sp³-hybridized carbons (Fsp3) is 0.143. The van der Waals surface area contributed by atoms with Gasteiger partial charge in [0.2, 0.25) is 0 Å². The fourth-order valence-corrected chi connectivity index (χ4v) is 2.55. The third-order valence-electron chi connectivity index (χ3n) is 1.56. The lowest BCUT2D eigenvalue weighted by molar-refractivity contribution is -0.274. The van der Waals surface area contributed by atoms with E-state index in [1.54, 1.807) is 0 Å². The van der Waals surface area contributed by atoms with Gasteiger partial charge in [-0.3, -0.25) is 0 Å². The second-order valence-corrected chi connectivity index (χ2v) is 6.19. The van der Waals surface area contributed by atoms with Crippen molar-refractivity contribution in [3.63, 3.8) is 0 Å². The first-order valence-electron chi connectivity index (χ1n) is 3.80. The number of halogens is 5. The van der Waals surface area contributed by atoms with Gasteiger partial charge >= 0.3 is 6.36 Å². The molecule has 0 aliphatic rings. The van der Waals surface area contributed by atoms with E-state index in [1.165, 1.54) is 0 Å². The summed E-state index contributed by atoms with van der Waals surface area (Å²) in [6, 6.07) is 1.48. The average molecular weight is 355 g/mol. The van der Waals surface area contributed by atoms with Gasteiger partial charge < -0.3 is 10.5 Å². The number of hydrogen-bond donors (Lipinski definition) is 1. The average Bonchev–Trinajstić information content (AvgIpc) is 2.06. The maximum absolute atomic E-state index is 12.0. The van der Waals surface area contributed by atoms with Gasteiger partial charge in [0, 0.05) is 21.2 Å². The lowest BCUT2D eigenvalue weighted by atomic mass is 10.3. The van der Waals surface area contributed by atoms with Crippen LogP contribution in [0.15, 0.2) is 21.5 Å². The smallest absolute Gasteiger partial charge is 0.406 e. The molecule has 1 aromatic carbocycles. The highest BCUT2D eigenvalue weighted by molar-refractivity contribution is 9.10. The van der Waals surface area contributed by atoms with Crippen LogP contribution in [0.4, 0.5) is 18.9 Å². The van der Waals surface area contributed by atoms with E-state index in [-0.39, 0.29) is 10.2 Å². The van der Waals surface area contributed by atoms with E-state index in [0.717, 1.165) is 6.07 Å². The standard InChI is InChI=1S/C7H4BrClF3NO3S/c8-4-1-3(16-7(10,11)12)2-5(6(4)13)17(9,14)15/h1-2H,13H2. The molecule has 17 heavy (non-hydrogen) atoms. The van der Waals surface area contributed by atoms with Crippen LogP contribution in [0.1, 0.15) is 0 Å². The molecule has 0 amide bonds. The summed E-state index contributed by atoms with van der Waals surface area (Å²) in [5, 5.41) is 0. The molecule has 10 heteroatoms. The highest BCUT2D eigenvalue weighted by Gasteiger charge is 2.32. The van der Waals surface area contributed by atoms with Crippen LogP contribution in [-0.4, -0.2) is 14.8 Å². The molecule has 0 radical (unpaired) electrons. The van der Waals surface area contributed by atoms with Crippen molar-refractivity contribution in [2.45, 2.75) is 11.3 Å². The minimum atomic E-state index is -4.94. The Balaban J connectivity index is 3.35. The fourth-order valence-electron chi connectivity index (χ4n) is 0.963. The first-order valence-corrected chi connectivity index (χ1v) is 6.90. The van der Waals surface area contributed by atoms with Gasteiger partial charge in [-0.15, -0.1) is 13.2 Å². The Kier molecular flexibility index (Phi) is 3.84. The van der Waals surface area contributed by atoms with E-state index < -0.39 is 26.1 Å². The Bertz CT molecular complexity index is 546. The summed E-state index contributed by atoms with van der Waals surface area (Å²) in [6.07, 6.45) is -4.94. The van der Waals surface area contributed by atoms with Gasteiger partial charge in [0.1, 0.15) is 10.6 Å². The zero-order valence-electron chi connectivity index (χ0n) is 7.75. The largest absolute Gasteiger partial charge is 0.573 e. The van der Waals surface area contributed by atoms with Crippen molar-refractivity contribution < 1.29 is 26.3 Å². The monoisotopic (exact) mass is 353 g/mol. The summed E-state index contributed by atoms with van der Waals surface area (Å²) in [5.41, 5.74) is 5.06. The van der Waals surface area contributed by atoms with E-state index in [4.69, 9.17) is 16.4 Å². The third-order valence-corrected chi connectivity index (χ3v) is 3.58. The number of nitrogens with two attached hydrogens (primary N) is 1. The summed E-state index contributed by atoms with van der Waals surface area (Å²) in [5.74, 6) is -0.738. The van der Waals surface area contributed by atoms with Crippen molar-refractivity contribution in [3.8, 4) is 5.75 Å². The van der Waals surface area contributed by atoms with Gasteiger partial charge in [-0.25, -0.2) is 8.42 Å². The van der Waals surface area contributed by atoms with E-state index in [2.05, 4.69) is 20.7 Å². The molecule has 96 valence electrons. The van der Waals surface area contributed by atoms with Crippen molar-refractivity contribution in [2.24, 2.45) is 0 Å². The highest BCUT2D eigenvalue weighted by Crippen LogP contribution is 2.35. The van der Waals surface area contributed by atoms with Gasteiger partial charge in [-0.2, -0.15) is 0 Å². The van der Waals surface area contributed by atoms with E-state index >= 15 is 0 Å². The summed E-state index contributed by atoms with van der Waals surface area (Å²) >= 11 is 2.80. The Morgan fingerprint density at radius 3 is 2.29 bits per heavy atom. The molecule has 2 N–H and O–H groups in total. The summed E-state index contributed by atoms with van der Waals surface area (Å²) in [7, 11) is 0.749. The van der Waals surface area contributed by atoms with Crippen molar-refractivity contribution in [3.05, 3.63) is 16.6 Å². The number of anilines is 1. The predicted octanol–water partition coefficient (Wildman–Crippen LogP) is 2.86. The van der Waals surface area contributed by atoms with Gasteiger partial charge in [-0.05, 0) is 22.0 Å². The molecule has 0 atom stereocenters. The highest BCUT2D eigenvalue weighted by atomic mass is 79.9. The molecule has 0 spiro atoms. The van der Waals surface area contributed by atoms with Crippen LogP contribution in [-0.2, 0) is 9.05 Å². The molecule has 1 aromatic rings. The molecule has 0 unspecified atom stereocenters. The van der Waals surface area contributed by atoms with Crippen molar-refractivity contribution in [1.82, 2.24) is 0 Å². The second kappa shape index (κ2) is 4.54. The van der Waals surface area contributed by atoms with Crippen molar-refractivity contribution in [1.29, 1.82) is 0 Å². The lowest BCUT2D eigenvalue weighted by Gasteiger charge is -2.11. The molecule has 0 heterocycles. The topological polar surface area (TPSA) is 69.4 Å². The third kappa shape index (κ3) is 3.93. The predicted molar refractivity (Wildman–Crippen MR) is 58.3 cm³/mol. The number of ether oxygens (including phenoxy) is 1. The van der Waals surface area contributed by atoms with Crippen LogP contribution in [0.5, 0.6) is 5.75 Å². The molecule has 1 rings (SSSR count). The SMILES string of the molecule is Nc1c(Br)cc(OC(F)(F)F)cc1S(=O)(=O)Cl. The number of hydrogen-bond acceptors (Lipinski definition) is 4. The lowest BCUT2D eigenvalue weighted by Crippen LogP contribution is -2.17. The summed E-state index contributed by atoms with van der Waals surface area (Å²) in [4.78, 5) is -0.659. The zero-order valence-corrected chi connectivity index (χ0v) is 10.9. The van der Waals surface area contributed by atoms with Gasteiger partial charge in [0.15, 0.2) is 0 Å². The normalized spacial score (nSPS) is 12.5. The zero-order chi connectivity index (χ0) is 13.4. The Morgan fingerprint density at radius 2 is 1.88 bits per heavy atom. The molecule has 4 nitrogen and oxygen atoms in total. The van der Waals surface area contributed by atoms with Gasteiger partial charge in [0.05, 0.1) is 5.69 Å². The molecule has 0 aliphatic carbocycles. The van der Waals surface area contributed by atoms with Gasteiger partial charge in [-0.1, -0.05) is 0 Å². The quantitative estimate of drug-likeness (QED) is 0.655. The molecule has 0 saturated heterocycles. The molecule has 0 bridgehead atoms. The maximum Gasteiger partial charge on any atom is 0.573 e. The molecule has 0 fully saturated rings. The minimum absolute atomic E-state index is 0.0709. The first-order chi connectivity index (χ1) is 7.50. The Labute approximate surface area is 107 Å². The van der Waals surface area contributed by atoms with E-state index in [9.17, 15) is 21.6 Å². The van der Waals surface area contributed by atoms with Gasteiger partial charge in [0.25, 0.3) is 9.05 Å². The molecule has 0 aromatic heterocycles. The second-order valence-electron chi connectivity index (χ2n) is 2.80. The molecular weight excluding hydrogens is 350 g/mol. The van der Waals surface area contributed by atoms with E-state index in [0.29, 0.717) is 6.07 Å². The molecule has 0 saturated carbocycles. The molecular formula is C7H4BrClF3NO3S. The Hall–Kier alpha value is -0.670. The summed E-state index contributed by atoms with van der Waals surface area (Å²) in [6.45, 7) is 0. The van der Waals surface area contributed by atoms with Crippen LogP contribution in [0, 0.1) is 0 Å².